The van der Waals surface area contributed by atoms with E-state index in [0.717, 1.165) is 0 Å². The van der Waals surface area contributed by atoms with Crippen molar-refractivity contribution in [2.45, 2.75) is 6.92 Å². The number of rotatable bonds is 4. The zero-order valence-electron chi connectivity index (χ0n) is 7.74. The predicted molar refractivity (Wildman–Crippen MR) is 47.0 cm³/mol. The first-order valence-electron chi connectivity index (χ1n) is 3.69. The maximum Gasteiger partial charge on any atom is 0.522 e. The number of ether oxygens (including phenoxy) is 3. The third kappa shape index (κ3) is 5.66. The lowest BCUT2D eigenvalue weighted by molar-refractivity contribution is -0.140. The largest absolute Gasteiger partial charge is 0.522 e. The van der Waals surface area contributed by atoms with E-state index < -0.39 is 12.1 Å². The molecule has 0 saturated heterocycles. The van der Waals surface area contributed by atoms with Crippen molar-refractivity contribution in [2.75, 3.05) is 13.2 Å². The summed E-state index contributed by atoms with van der Waals surface area (Å²) in [6, 6.07) is 0. The number of hydrogen-bond acceptors (Lipinski definition) is 5. The van der Waals surface area contributed by atoms with Crippen molar-refractivity contribution < 1.29 is 23.8 Å². The number of terminal acetylenes is 1. The van der Waals surface area contributed by atoms with Gasteiger partial charge in [0.2, 0.25) is 0 Å². The average molecular weight is 198 g/mol. The Morgan fingerprint density at radius 1 is 1.36 bits per heavy atom. The Hall–Kier alpha value is -1.96. The first-order chi connectivity index (χ1) is 6.57. The van der Waals surface area contributed by atoms with Gasteiger partial charge in [-0.15, -0.1) is 0 Å². The minimum atomic E-state index is -1.00. The molecule has 14 heavy (non-hydrogen) atoms. The molecule has 0 unspecified atom stereocenters. The van der Waals surface area contributed by atoms with Gasteiger partial charge in [0.25, 0.3) is 0 Å². The first-order valence-corrected chi connectivity index (χ1v) is 3.69. The predicted octanol–water partition coefficient (Wildman–Crippen LogP) is 0.850. The zero-order chi connectivity index (χ0) is 11.0. The summed E-state index contributed by atoms with van der Waals surface area (Å²) in [5.74, 6) is -0.543. The van der Waals surface area contributed by atoms with Gasteiger partial charge in [0.05, 0.1) is 0 Å². The molecule has 0 aromatic heterocycles. The standard InChI is InChI=1S/C9H10O5/c1-4-12-9(11)14-6-5-13-8(10)7(2)3/h1H,2,5-6H2,3H3. The highest BCUT2D eigenvalue weighted by Gasteiger charge is 2.04. The Labute approximate surface area is 81.6 Å². The van der Waals surface area contributed by atoms with Gasteiger partial charge in [-0.25, -0.2) is 9.59 Å². The van der Waals surface area contributed by atoms with E-state index in [9.17, 15) is 9.59 Å². The monoisotopic (exact) mass is 198 g/mol. The van der Waals surface area contributed by atoms with Gasteiger partial charge in [-0.2, -0.15) is 0 Å². The smallest absolute Gasteiger partial charge is 0.459 e. The number of hydrogen-bond donors (Lipinski definition) is 0. The Morgan fingerprint density at radius 3 is 2.43 bits per heavy atom. The third-order valence-electron chi connectivity index (χ3n) is 1.03. The van der Waals surface area contributed by atoms with Gasteiger partial charge < -0.3 is 14.2 Å². The van der Waals surface area contributed by atoms with Crippen molar-refractivity contribution in [1.82, 2.24) is 0 Å². The molecule has 0 aliphatic carbocycles. The van der Waals surface area contributed by atoms with E-state index in [4.69, 9.17) is 0 Å². The molecule has 0 saturated carbocycles. The fraction of sp³-hybridized carbons (Fsp3) is 0.333. The van der Waals surface area contributed by atoms with Crippen LogP contribution in [0.2, 0.25) is 0 Å². The molecule has 0 heterocycles. The maximum absolute atomic E-state index is 10.8. The molecule has 0 fully saturated rings. The molecular formula is C9H10O5. The van der Waals surface area contributed by atoms with Crippen LogP contribution >= 0.6 is 0 Å². The van der Waals surface area contributed by atoms with Gasteiger partial charge in [0.15, 0.2) is 0 Å². The minimum absolute atomic E-state index is 0.0641. The SMILES string of the molecule is C#COC(=O)OCCOC(=O)C(=C)C. The summed E-state index contributed by atoms with van der Waals surface area (Å²) in [6.45, 7) is 4.70. The lowest BCUT2D eigenvalue weighted by atomic mass is 10.4. The van der Waals surface area contributed by atoms with Crippen LogP contribution in [0.3, 0.4) is 0 Å². The Balaban J connectivity index is 3.48. The van der Waals surface area contributed by atoms with E-state index in [1.54, 1.807) is 6.11 Å². The van der Waals surface area contributed by atoms with E-state index in [-0.39, 0.29) is 18.8 Å². The van der Waals surface area contributed by atoms with Crippen LogP contribution in [0.4, 0.5) is 4.79 Å². The topological polar surface area (TPSA) is 61.8 Å². The molecule has 0 aromatic rings. The average Bonchev–Trinajstić information content (AvgIpc) is 2.12. The Kier molecular flexibility index (Phi) is 5.63. The summed E-state index contributed by atoms with van der Waals surface area (Å²) < 4.78 is 13.0. The normalized spacial score (nSPS) is 8.29. The van der Waals surface area contributed by atoms with Crippen molar-refractivity contribution in [2.24, 2.45) is 0 Å². The molecule has 0 bridgehead atoms. The molecule has 76 valence electrons. The molecule has 0 atom stereocenters. The maximum atomic E-state index is 10.8. The first kappa shape index (κ1) is 12.0. The van der Waals surface area contributed by atoms with Gasteiger partial charge >= 0.3 is 12.1 Å². The fourth-order valence-electron chi connectivity index (χ4n) is 0.460. The Morgan fingerprint density at radius 2 is 1.93 bits per heavy atom. The molecule has 0 aliphatic heterocycles. The van der Waals surface area contributed by atoms with E-state index in [0.29, 0.717) is 0 Å². The van der Waals surface area contributed by atoms with Crippen LogP contribution in [0.25, 0.3) is 0 Å². The van der Waals surface area contributed by atoms with Crippen LogP contribution in [0.1, 0.15) is 6.92 Å². The molecular weight excluding hydrogens is 188 g/mol. The molecule has 0 amide bonds. The highest BCUT2D eigenvalue weighted by molar-refractivity contribution is 5.86. The molecule has 0 N–H and O–H groups in total. The van der Waals surface area contributed by atoms with Gasteiger partial charge in [-0.3, -0.25) is 0 Å². The molecule has 0 radical (unpaired) electrons. The summed E-state index contributed by atoms with van der Waals surface area (Å²) >= 11 is 0. The van der Waals surface area contributed by atoms with Crippen LogP contribution in [-0.2, 0) is 19.0 Å². The fourth-order valence-corrected chi connectivity index (χ4v) is 0.460. The van der Waals surface area contributed by atoms with Crippen LogP contribution in [0, 0.1) is 12.5 Å². The Bertz CT molecular complexity index is 273. The summed E-state index contributed by atoms with van der Waals surface area (Å²) in [5.41, 5.74) is 0.274. The molecule has 0 rings (SSSR count). The summed E-state index contributed by atoms with van der Waals surface area (Å²) in [7, 11) is 0. The quantitative estimate of drug-likeness (QED) is 0.290. The second-order valence-corrected chi connectivity index (χ2v) is 2.23. The third-order valence-corrected chi connectivity index (χ3v) is 1.03. The zero-order valence-corrected chi connectivity index (χ0v) is 7.74. The minimum Gasteiger partial charge on any atom is -0.459 e. The molecule has 0 aliphatic rings. The second kappa shape index (κ2) is 6.54. The highest BCUT2D eigenvalue weighted by atomic mass is 16.7. The molecule has 5 nitrogen and oxygen atoms in total. The number of carbonyl (C=O) groups excluding carboxylic acids is 2. The number of esters is 1. The van der Waals surface area contributed by atoms with Gasteiger partial charge in [-0.05, 0) is 6.92 Å². The lowest BCUT2D eigenvalue weighted by Gasteiger charge is -2.03. The van der Waals surface area contributed by atoms with Crippen molar-refractivity contribution in [1.29, 1.82) is 0 Å². The van der Waals surface area contributed by atoms with E-state index in [2.05, 4.69) is 27.2 Å². The van der Waals surface area contributed by atoms with Crippen molar-refractivity contribution in [3.05, 3.63) is 12.2 Å². The summed E-state index contributed by atoms with van der Waals surface area (Å²) in [6.07, 6.45) is 5.29. The molecule has 5 heteroatoms. The van der Waals surface area contributed by atoms with Crippen LogP contribution in [-0.4, -0.2) is 25.3 Å². The van der Waals surface area contributed by atoms with Gasteiger partial charge in [0, 0.05) is 5.57 Å². The highest BCUT2D eigenvalue weighted by Crippen LogP contribution is 1.92. The van der Waals surface area contributed by atoms with Crippen molar-refractivity contribution in [3.63, 3.8) is 0 Å². The second-order valence-electron chi connectivity index (χ2n) is 2.23. The van der Waals surface area contributed by atoms with Crippen molar-refractivity contribution >= 4 is 12.1 Å². The summed E-state index contributed by atoms with van der Waals surface area (Å²) in [4.78, 5) is 21.3. The van der Waals surface area contributed by atoms with E-state index in [1.807, 2.05) is 0 Å². The van der Waals surface area contributed by atoms with Gasteiger partial charge in [-0.1, -0.05) is 13.0 Å². The summed E-state index contributed by atoms with van der Waals surface area (Å²) in [5, 5.41) is 0. The lowest BCUT2D eigenvalue weighted by Crippen LogP contribution is -2.13. The van der Waals surface area contributed by atoms with Crippen LogP contribution in [0.15, 0.2) is 12.2 Å². The van der Waals surface area contributed by atoms with Gasteiger partial charge in [0.1, 0.15) is 19.3 Å². The molecule has 0 spiro atoms. The van der Waals surface area contributed by atoms with Crippen LogP contribution < -0.4 is 0 Å². The van der Waals surface area contributed by atoms with E-state index >= 15 is 0 Å². The van der Waals surface area contributed by atoms with E-state index in [1.165, 1.54) is 6.92 Å². The van der Waals surface area contributed by atoms with Crippen molar-refractivity contribution in [3.8, 4) is 12.5 Å². The number of carbonyl (C=O) groups is 2. The molecule has 0 aromatic carbocycles. The van der Waals surface area contributed by atoms with Crippen LogP contribution in [0.5, 0.6) is 0 Å².